The quantitative estimate of drug-likeness (QED) is 0.759. The van der Waals surface area contributed by atoms with E-state index in [-0.39, 0.29) is 11.5 Å². The molecule has 1 aromatic carbocycles. The van der Waals surface area contributed by atoms with Crippen LogP contribution in [0.1, 0.15) is 63.4 Å². The predicted molar refractivity (Wildman–Crippen MR) is 101 cm³/mol. The van der Waals surface area contributed by atoms with Gasteiger partial charge in [0, 0.05) is 13.1 Å². The molecule has 2 heterocycles. The molecule has 26 heavy (non-hydrogen) atoms. The monoisotopic (exact) mass is 361 g/mol. The normalized spacial score (nSPS) is 22.7. The van der Waals surface area contributed by atoms with Crippen molar-refractivity contribution in [1.82, 2.24) is 4.90 Å². The van der Waals surface area contributed by atoms with Gasteiger partial charge in [0.2, 0.25) is 0 Å². The molecule has 0 unspecified atom stereocenters. The zero-order chi connectivity index (χ0) is 19.3. The molecular formula is C20H29BFNO3. The molecule has 142 valence electrons. The number of carbonyl (C=O) groups is 1. The van der Waals surface area contributed by atoms with E-state index in [9.17, 15) is 9.18 Å². The van der Waals surface area contributed by atoms with Crippen LogP contribution in [0, 0.1) is 18.7 Å². The van der Waals surface area contributed by atoms with E-state index in [0.29, 0.717) is 24.5 Å². The maximum Gasteiger partial charge on any atom is 0.495 e. The second-order valence-electron chi connectivity index (χ2n) is 8.75. The lowest BCUT2D eigenvalue weighted by atomic mass is 9.75. The van der Waals surface area contributed by atoms with Crippen LogP contribution in [0.4, 0.5) is 4.39 Å². The minimum absolute atomic E-state index is 0.136. The minimum atomic E-state index is -0.630. The summed E-state index contributed by atoms with van der Waals surface area (Å²) in [6, 6.07) is 3.04. The van der Waals surface area contributed by atoms with Crippen LogP contribution in [-0.2, 0) is 9.31 Å². The Labute approximate surface area is 156 Å². The van der Waals surface area contributed by atoms with Crippen LogP contribution in [0.25, 0.3) is 0 Å². The summed E-state index contributed by atoms with van der Waals surface area (Å²) in [7, 11) is -0.630. The standard InChI is InChI=1S/C20H29BFNO3/c1-13-7-9-23(10-8-13)18(24)15-11-14(2)16(12-17(15)22)21-25-19(3,4)20(5,6)26-21/h11-13H,7-10H2,1-6H3. The number of amides is 1. The molecule has 1 aromatic rings. The summed E-state index contributed by atoms with van der Waals surface area (Å²) in [5, 5.41) is 0. The summed E-state index contributed by atoms with van der Waals surface area (Å²) >= 11 is 0. The highest BCUT2D eigenvalue weighted by molar-refractivity contribution is 6.62. The highest BCUT2D eigenvalue weighted by Gasteiger charge is 2.52. The summed E-state index contributed by atoms with van der Waals surface area (Å²) in [5.41, 5.74) is 0.611. The fraction of sp³-hybridized carbons (Fsp3) is 0.650. The minimum Gasteiger partial charge on any atom is -0.399 e. The largest absolute Gasteiger partial charge is 0.495 e. The first-order valence-electron chi connectivity index (χ1n) is 9.47. The van der Waals surface area contributed by atoms with Crippen molar-refractivity contribution >= 4 is 18.5 Å². The van der Waals surface area contributed by atoms with Crippen LogP contribution < -0.4 is 5.46 Å². The van der Waals surface area contributed by atoms with Crippen LogP contribution in [0.3, 0.4) is 0 Å². The van der Waals surface area contributed by atoms with E-state index in [4.69, 9.17) is 9.31 Å². The molecule has 0 atom stereocenters. The average molecular weight is 361 g/mol. The first-order chi connectivity index (χ1) is 12.0. The fourth-order valence-electron chi connectivity index (χ4n) is 3.47. The number of rotatable bonds is 2. The van der Waals surface area contributed by atoms with E-state index in [1.807, 2.05) is 34.6 Å². The van der Waals surface area contributed by atoms with Gasteiger partial charge in [-0.25, -0.2) is 4.39 Å². The number of hydrogen-bond acceptors (Lipinski definition) is 3. The second-order valence-corrected chi connectivity index (χ2v) is 8.75. The topological polar surface area (TPSA) is 38.8 Å². The van der Waals surface area contributed by atoms with Gasteiger partial charge in [0.1, 0.15) is 5.82 Å². The summed E-state index contributed by atoms with van der Waals surface area (Å²) in [4.78, 5) is 14.5. The molecule has 0 aliphatic carbocycles. The maximum absolute atomic E-state index is 14.8. The molecule has 3 rings (SSSR count). The van der Waals surface area contributed by atoms with Gasteiger partial charge in [-0.2, -0.15) is 0 Å². The van der Waals surface area contributed by atoms with Crippen molar-refractivity contribution in [3.8, 4) is 0 Å². The van der Waals surface area contributed by atoms with E-state index in [0.717, 1.165) is 18.4 Å². The van der Waals surface area contributed by atoms with Crippen molar-refractivity contribution < 1.29 is 18.5 Å². The Kier molecular flexibility index (Phi) is 4.95. The maximum atomic E-state index is 14.8. The van der Waals surface area contributed by atoms with E-state index in [2.05, 4.69) is 6.92 Å². The van der Waals surface area contributed by atoms with Gasteiger partial charge in [-0.05, 0) is 71.0 Å². The number of piperidine rings is 1. The summed E-state index contributed by atoms with van der Waals surface area (Å²) < 4.78 is 26.9. The molecule has 0 spiro atoms. The van der Waals surface area contributed by atoms with Crippen molar-refractivity contribution in [2.75, 3.05) is 13.1 Å². The third-order valence-corrected chi connectivity index (χ3v) is 6.16. The van der Waals surface area contributed by atoms with Gasteiger partial charge in [-0.3, -0.25) is 4.79 Å². The number of likely N-dealkylation sites (tertiary alicyclic amines) is 1. The van der Waals surface area contributed by atoms with Gasteiger partial charge in [0.15, 0.2) is 0 Å². The number of nitrogens with zero attached hydrogens (tertiary/aromatic N) is 1. The second kappa shape index (κ2) is 6.64. The number of carbonyl (C=O) groups excluding carboxylic acids is 1. The van der Waals surface area contributed by atoms with Gasteiger partial charge in [0.05, 0.1) is 16.8 Å². The summed E-state index contributed by atoms with van der Waals surface area (Å²) in [5.74, 6) is -0.113. The van der Waals surface area contributed by atoms with Crippen molar-refractivity contribution in [3.05, 3.63) is 29.1 Å². The average Bonchev–Trinajstić information content (AvgIpc) is 2.77. The van der Waals surface area contributed by atoms with Gasteiger partial charge in [0.25, 0.3) is 5.91 Å². The number of benzene rings is 1. The van der Waals surface area contributed by atoms with Crippen molar-refractivity contribution in [3.63, 3.8) is 0 Å². The molecule has 2 aliphatic rings. The fourth-order valence-corrected chi connectivity index (χ4v) is 3.47. The van der Waals surface area contributed by atoms with E-state index >= 15 is 0 Å². The highest BCUT2D eigenvalue weighted by atomic mass is 19.1. The highest BCUT2D eigenvalue weighted by Crippen LogP contribution is 2.36. The van der Waals surface area contributed by atoms with Gasteiger partial charge in [-0.1, -0.05) is 12.5 Å². The molecule has 2 aliphatic heterocycles. The number of aryl methyl sites for hydroxylation is 1. The van der Waals surface area contributed by atoms with E-state index < -0.39 is 24.1 Å². The van der Waals surface area contributed by atoms with E-state index in [1.54, 1.807) is 11.0 Å². The van der Waals surface area contributed by atoms with Crippen LogP contribution in [-0.4, -0.2) is 42.2 Å². The molecular weight excluding hydrogens is 332 g/mol. The predicted octanol–water partition coefficient (Wildman–Crippen LogP) is 3.31. The van der Waals surface area contributed by atoms with Crippen LogP contribution >= 0.6 is 0 Å². The zero-order valence-electron chi connectivity index (χ0n) is 16.7. The Hall–Kier alpha value is -1.40. The third-order valence-electron chi connectivity index (χ3n) is 6.16. The Morgan fingerprint density at radius 3 is 2.23 bits per heavy atom. The molecule has 0 N–H and O–H groups in total. The zero-order valence-corrected chi connectivity index (χ0v) is 16.7. The third kappa shape index (κ3) is 3.41. The molecule has 2 fully saturated rings. The first-order valence-corrected chi connectivity index (χ1v) is 9.47. The molecule has 0 bridgehead atoms. The molecule has 0 radical (unpaired) electrons. The SMILES string of the molecule is Cc1cc(C(=O)N2CCC(C)CC2)c(F)cc1B1OC(C)(C)C(C)(C)O1. The lowest BCUT2D eigenvalue weighted by molar-refractivity contribution is 0.00578. The Morgan fingerprint density at radius 1 is 1.15 bits per heavy atom. The van der Waals surface area contributed by atoms with E-state index in [1.165, 1.54) is 6.07 Å². The number of halogens is 1. The van der Waals surface area contributed by atoms with Crippen LogP contribution in [0.15, 0.2) is 12.1 Å². The van der Waals surface area contributed by atoms with Gasteiger partial charge in [-0.15, -0.1) is 0 Å². The summed E-state index contributed by atoms with van der Waals surface area (Å²) in [6.07, 6.45) is 1.94. The number of hydrogen-bond donors (Lipinski definition) is 0. The Morgan fingerprint density at radius 2 is 1.69 bits per heavy atom. The first kappa shape index (κ1) is 19.4. The van der Waals surface area contributed by atoms with Crippen LogP contribution in [0.5, 0.6) is 0 Å². The lowest BCUT2D eigenvalue weighted by Crippen LogP contribution is -2.41. The van der Waals surface area contributed by atoms with Gasteiger partial charge < -0.3 is 14.2 Å². The van der Waals surface area contributed by atoms with Gasteiger partial charge >= 0.3 is 7.12 Å². The van der Waals surface area contributed by atoms with Crippen LogP contribution in [0.2, 0.25) is 0 Å². The smallest absolute Gasteiger partial charge is 0.399 e. The Balaban J connectivity index is 1.84. The molecule has 4 nitrogen and oxygen atoms in total. The lowest BCUT2D eigenvalue weighted by Gasteiger charge is -2.32. The van der Waals surface area contributed by atoms with Crippen molar-refractivity contribution in [2.45, 2.75) is 65.6 Å². The van der Waals surface area contributed by atoms with Crippen molar-refractivity contribution in [1.29, 1.82) is 0 Å². The molecule has 2 saturated heterocycles. The molecule has 1 amide bonds. The summed E-state index contributed by atoms with van der Waals surface area (Å²) in [6.45, 7) is 13.3. The molecule has 6 heteroatoms. The molecule has 0 saturated carbocycles. The van der Waals surface area contributed by atoms with Crippen molar-refractivity contribution in [2.24, 2.45) is 5.92 Å². The molecule has 0 aromatic heterocycles. The Bertz CT molecular complexity index is 695.